The quantitative estimate of drug-likeness (QED) is 0.528. The maximum atomic E-state index is 13.3. The third-order valence-electron chi connectivity index (χ3n) is 5.11. The van der Waals surface area contributed by atoms with E-state index >= 15 is 0 Å². The highest BCUT2D eigenvalue weighted by molar-refractivity contribution is 7.10. The molecule has 1 aliphatic heterocycles. The second-order valence-electron chi connectivity index (χ2n) is 7.04. The van der Waals surface area contributed by atoms with Crippen LogP contribution in [0.2, 0.25) is 5.02 Å². The minimum Gasteiger partial charge on any atom is -0.323 e. The van der Waals surface area contributed by atoms with Crippen LogP contribution in [0, 0.1) is 0 Å². The number of fused-ring (bicyclic) bond motifs is 1. The molecule has 4 rings (SSSR count). The fourth-order valence-electron chi connectivity index (χ4n) is 3.82. The second-order valence-corrected chi connectivity index (χ2v) is 8.45. The number of para-hydroxylation sites is 1. The van der Waals surface area contributed by atoms with Gasteiger partial charge in [-0.05, 0) is 41.1 Å². The van der Waals surface area contributed by atoms with Crippen molar-refractivity contribution in [1.82, 2.24) is 4.90 Å². The number of carbonyl (C=O) groups excluding carboxylic acids is 1. The molecule has 1 amide bonds. The van der Waals surface area contributed by atoms with E-state index in [2.05, 4.69) is 11.4 Å². The summed E-state index contributed by atoms with van der Waals surface area (Å²) in [4.78, 5) is 16.0. The zero-order chi connectivity index (χ0) is 21.3. The topological polar surface area (TPSA) is 32.3 Å². The van der Waals surface area contributed by atoms with E-state index in [0.29, 0.717) is 6.54 Å². The molecule has 1 atom stereocenters. The Balaban J connectivity index is 1.59. The van der Waals surface area contributed by atoms with Crippen molar-refractivity contribution in [2.45, 2.75) is 18.6 Å². The zero-order valence-electron chi connectivity index (χ0n) is 15.7. The number of carbonyl (C=O) groups is 1. The van der Waals surface area contributed by atoms with Gasteiger partial charge in [0.2, 0.25) is 5.91 Å². The van der Waals surface area contributed by atoms with Gasteiger partial charge in [0, 0.05) is 11.4 Å². The van der Waals surface area contributed by atoms with E-state index in [9.17, 15) is 18.0 Å². The largest absolute Gasteiger partial charge is 0.418 e. The van der Waals surface area contributed by atoms with Gasteiger partial charge in [-0.2, -0.15) is 13.2 Å². The number of amides is 1. The molecular weight excluding hydrogens is 433 g/mol. The molecule has 0 unspecified atom stereocenters. The van der Waals surface area contributed by atoms with Gasteiger partial charge in [0.25, 0.3) is 0 Å². The molecule has 3 nitrogen and oxygen atoms in total. The lowest BCUT2D eigenvalue weighted by molar-refractivity contribution is -0.137. The molecule has 0 bridgehead atoms. The molecular formula is C22H18ClF3N2OS. The number of anilines is 1. The Hall–Kier alpha value is -2.35. The van der Waals surface area contributed by atoms with Crippen molar-refractivity contribution in [3.05, 3.63) is 86.6 Å². The number of nitrogens with zero attached hydrogens (tertiary/aromatic N) is 1. The molecule has 0 saturated carbocycles. The first-order chi connectivity index (χ1) is 14.3. The van der Waals surface area contributed by atoms with Crippen LogP contribution in [-0.4, -0.2) is 23.9 Å². The predicted octanol–water partition coefficient (Wildman–Crippen LogP) is 6.01. The van der Waals surface area contributed by atoms with E-state index in [1.807, 2.05) is 40.6 Å². The molecule has 1 aliphatic rings. The van der Waals surface area contributed by atoms with Gasteiger partial charge in [0.15, 0.2) is 0 Å². The number of nitrogens with one attached hydrogen (secondary N) is 1. The van der Waals surface area contributed by atoms with E-state index in [4.69, 9.17) is 11.6 Å². The Bertz CT molecular complexity index is 1050. The smallest absolute Gasteiger partial charge is 0.323 e. The van der Waals surface area contributed by atoms with Crippen LogP contribution >= 0.6 is 22.9 Å². The fourth-order valence-corrected chi connectivity index (χ4v) is 4.94. The van der Waals surface area contributed by atoms with Crippen LogP contribution in [0.15, 0.2) is 60.0 Å². The molecule has 0 radical (unpaired) electrons. The molecule has 0 fully saturated rings. The van der Waals surface area contributed by atoms with Crippen LogP contribution in [0.25, 0.3) is 0 Å². The summed E-state index contributed by atoms with van der Waals surface area (Å²) < 4.78 is 40.0. The van der Waals surface area contributed by atoms with E-state index in [-0.39, 0.29) is 17.6 Å². The van der Waals surface area contributed by atoms with E-state index in [1.54, 1.807) is 11.3 Å². The summed E-state index contributed by atoms with van der Waals surface area (Å²) in [6.07, 6.45) is -3.82. The lowest BCUT2D eigenvalue weighted by Gasteiger charge is -2.35. The van der Waals surface area contributed by atoms with E-state index < -0.39 is 23.3 Å². The zero-order valence-corrected chi connectivity index (χ0v) is 17.3. The average molecular weight is 451 g/mol. The molecule has 30 heavy (non-hydrogen) atoms. The monoisotopic (exact) mass is 450 g/mol. The maximum absolute atomic E-state index is 13.3. The van der Waals surface area contributed by atoms with Crippen molar-refractivity contribution >= 4 is 34.5 Å². The first-order valence-electron chi connectivity index (χ1n) is 9.35. The van der Waals surface area contributed by atoms with Crippen LogP contribution in [0.4, 0.5) is 18.9 Å². The Morgan fingerprint density at radius 1 is 1.13 bits per heavy atom. The molecule has 156 valence electrons. The molecule has 0 aliphatic carbocycles. The van der Waals surface area contributed by atoms with E-state index in [0.717, 1.165) is 23.6 Å². The van der Waals surface area contributed by atoms with Crippen LogP contribution in [0.5, 0.6) is 0 Å². The molecule has 0 spiro atoms. The van der Waals surface area contributed by atoms with Gasteiger partial charge in [-0.25, -0.2) is 0 Å². The van der Waals surface area contributed by atoms with Gasteiger partial charge in [-0.1, -0.05) is 48.0 Å². The normalized spacial score (nSPS) is 16.9. The SMILES string of the molecule is O=C(CN1CCc2sccc2[C@H]1c1ccccc1)Nc1c(Cl)cccc1C(F)(F)F. The van der Waals surface area contributed by atoms with Gasteiger partial charge >= 0.3 is 6.18 Å². The summed E-state index contributed by atoms with van der Waals surface area (Å²) in [5.41, 5.74) is 0.820. The highest BCUT2D eigenvalue weighted by Crippen LogP contribution is 2.39. The molecule has 1 N–H and O–H groups in total. The van der Waals surface area contributed by atoms with Crippen LogP contribution < -0.4 is 5.32 Å². The highest BCUT2D eigenvalue weighted by atomic mass is 35.5. The third-order valence-corrected chi connectivity index (χ3v) is 6.42. The van der Waals surface area contributed by atoms with Crippen LogP contribution in [0.1, 0.15) is 27.6 Å². The lowest BCUT2D eigenvalue weighted by Crippen LogP contribution is -2.40. The van der Waals surface area contributed by atoms with Crippen molar-refractivity contribution in [2.75, 3.05) is 18.4 Å². The molecule has 0 saturated heterocycles. The predicted molar refractivity (Wildman–Crippen MR) is 113 cm³/mol. The Labute approximate surface area is 181 Å². The minimum atomic E-state index is -4.61. The summed E-state index contributed by atoms with van der Waals surface area (Å²) >= 11 is 7.66. The molecule has 3 aromatic rings. The van der Waals surface area contributed by atoms with Crippen molar-refractivity contribution in [3.8, 4) is 0 Å². The van der Waals surface area contributed by atoms with E-state index in [1.165, 1.54) is 17.0 Å². The van der Waals surface area contributed by atoms with Gasteiger partial charge in [-0.15, -0.1) is 11.3 Å². The van der Waals surface area contributed by atoms with Crippen molar-refractivity contribution in [2.24, 2.45) is 0 Å². The molecule has 2 heterocycles. The Morgan fingerprint density at radius 3 is 2.63 bits per heavy atom. The number of hydrogen-bond acceptors (Lipinski definition) is 3. The Kier molecular flexibility index (Phi) is 5.86. The number of thiophene rings is 1. The maximum Gasteiger partial charge on any atom is 0.418 e. The minimum absolute atomic E-state index is 0.0443. The third kappa shape index (κ3) is 4.24. The molecule has 2 aromatic carbocycles. The summed E-state index contributed by atoms with van der Waals surface area (Å²) in [5, 5.41) is 4.28. The van der Waals surface area contributed by atoms with Crippen molar-refractivity contribution in [3.63, 3.8) is 0 Å². The number of rotatable bonds is 4. The fraction of sp³-hybridized carbons (Fsp3) is 0.227. The number of hydrogen-bond donors (Lipinski definition) is 1. The molecule has 8 heteroatoms. The standard InChI is InChI=1S/C22H18ClF3N2OS/c23-17-8-4-7-16(22(24,25)26)20(17)27-19(29)13-28-11-9-18-15(10-12-30-18)21(28)14-5-2-1-3-6-14/h1-8,10,12,21H,9,11,13H2,(H,27,29)/t21-/m1/s1. The van der Waals surface area contributed by atoms with Crippen molar-refractivity contribution < 1.29 is 18.0 Å². The summed E-state index contributed by atoms with van der Waals surface area (Å²) in [6.45, 7) is 0.590. The molecule has 1 aromatic heterocycles. The first-order valence-corrected chi connectivity index (χ1v) is 10.6. The van der Waals surface area contributed by atoms with Gasteiger partial charge in [0.05, 0.1) is 28.9 Å². The van der Waals surface area contributed by atoms with Gasteiger partial charge in [-0.3, -0.25) is 9.69 Å². The van der Waals surface area contributed by atoms with Gasteiger partial charge in [0.1, 0.15) is 0 Å². The van der Waals surface area contributed by atoms with Crippen LogP contribution in [-0.2, 0) is 17.4 Å². The number of alkyl halides is 3. The summed E-state index contributed by atoms with van der Waals surface area (Å²) in [6, 6.07) is 15.2. The average Bonchev–Trinajstić information content (AvgIpc) is 3.18. The number of halogens is 4. The number of benzene rings is 2. The lowest BCUT2D eigenvalue weighted by atomic mass is 9.93. The van der Waals surface area contributed by atoms with Crippen molar-refractivity contribution in [1.29, 1.82) is 0 Å². The summed E-state index contributed by atoms with van der Waals surface area (Å²) in [5.74, 6) is -0.534. The first kappa shape index (κ1) is 20.9. The summed E-state index contributed by atoms with van der Waals surface area (Å²) in [7, 11) is 0. The highest BCUT2D eigenvalue weighted by Gasteiger charge is 2.35. The second kappa shape index (κ2) is 8.41. The Morgan fingerprint density at radius 2 is 1.90 bits per heavy atom. The van der Waals surface area contributed by atoms with Gasteiger partial charge < -0.3 is 5.32 Å². The van der Waals surface area contributed by atoms with Crippen LogP contribution in [0.3, 0.4) is 0 Å².